The minimum absolute atomic E-state index is 0.0548. The largest absolute Gasteiger partial charge is 0.493 e. The first kappa shape index (κ1) is 24.5. The zero-order valence-corrected chi connectivity index (χ0v) is 21.3. The second-order valence-corrected chi connectivity index (χ2v) is 9.20. The molecule has 0 bridgehead atoms. The second kappa shape index (κ2) is 11.3. The van der Waals surface area contributed by atoms with E-state index in [1.165, 1.54) is 10.5 Å². The van der Waals surface area contributed by atoms with Crippen molar-refractivity contribution in [3.63, 3.8) is 0 Å². The Hall–Kier alpha value is -4.16. The van der Waals surface area contributed by atoms with E-state index >= 15 is 0 Å². The van der Waals surface area contributed by atoms with Gasteiger partial charge in [0.2, 0.25) is 0 Å². The van der Waals surface area contributed by atoms with Crippen molar-refractivity contribution in [2.75, 3.05) is 46.9 Å². The van der Waals surface area contributed by atoms with Gasteiger partial charge in [-0.25, -0.2) is 4.98 Å². The number of aromatic nitrogens is 1. The van der Waals surface area contributed by atoms with Crippen molar-refractivity contribution in [1.82, 2.24) is 9.88 Å². The van der Waals surface area contributed by atoms with Gasteiger partial charge in [0.1, 0.15) is 0 Å². The number of para-hydroxylation sites is 1. The number of hydrogen-bond donors (Lipinski definition) is 1. The van der Waals surface area contributed by atoms with Crippen molar-refractivity contribution < 1.29 is 19.2 Å². The predicted molar refractivity (Wildman–Crippen MR) is 147 cm³/mol. The molecule has 37 heavy (non-hydrogen) atoms. The number of piperazine rings is 1. The maximum atomic E-state index is 13.8. The third-order valence-corrected chi connectivity index (χ3v) is 6.90. The van der Waals surface area contributed by atoms with Gasteiger partial charge in [-0.15, -0.1) is 0 Å². The lowest BCUT2D eigenvalue weighted by atomic mass is 10.0. The molecule has 188 valence electrons. The summed E-state index contributed by atoms with van der Waals surface area (Å²) in [6.45, 7) is 4.27. The first-order valence-electron chi connectivity index (χ1n) is 12.6. The lowest BCUT2D eigenvalue weighted by Gasteiger charge is -2.32. The van der Waals surface area contributed by atoms with Crippen molar-refractivity contribution in [2.24, 2.45) is 0 Å². The summed E-state index contributed by atoms with van der Waals surface area (Å²) in [4.78, 5) is 22.1. The number of carbonyl (C=O) groups is 1. The molecule has 0 aliphatic carbocycles. The number of fused-ring (bicyclic) bond motifs is 1. The fourth-order valence-corrected chi connectivity index (χ4v) is 4.82. The third kappa shape index (κ3) is 5.49. The number of amides is 1. The summed E-state index contributed by atoms with van der Waals surface area (Å²) in [5.41, 5.74) is 4.30. The van der Waals surface area contributed by atoms with Crippen molar-refractivity contribution in [3.05, 3.63) is 96.1 Å². The van der Waals surface area contributed by atoms with E-state index in [1.807, 2.05) is 59.5 Å². The molecular weight excluding hydrogens is 462 g/mol. The number of rotatable bonds is 7. The number of nitrogens with zero attached hydrogens (tertiary/aromatic N) is 2. The van der Waals surface area contributed by atoms with E-state index in [4.69, 9.17) is 14.5 Å². The van der Waals surface area contributed by atoms with Crippen LogP contribution in [0.5, 0.6) is 11.5 Å². The highest BCUT2D eigenvalue weighted by Gasteiger charge is 2.26. The maximum absolute atomic E-state index is 13.8. The zero-order chi connectivity index (χ0) is 25.6. The number of nitrogens with one attached hydrogen (secondary N) is 1. The highest BCUT2D eigenvalue weighted by molar-refractivity contribution is 6.07. The van der Waals surface area contributed by atoms with Crippen LogP contribution in [-0.4, -0.2) is 62.7 Å². The van der Waals surface area contributed by atoms with Gasteiger partial charge in [-0.2, -0.15) is 0 Å². The van der Waals surface area contributed by atoms with E-state index in [0.29, 0.717) is 17.1 Å². The summed E-state index contributed by atoms with van der Waals surface area (Å²) in [5, 5.41) is 0.872. The maximum Gasteiger partial charge on any atom is 0.255 e. The first-order chi connectivity index (χ1) is 18.2. The SMILES string of the molecule is COc1ccc(-c2cc(C(=O)N3CC[NH+](C/C=C/c4ccccc4)CC3)c3ccccc3n2)cc1OC. The minimum Gasteiger partial charge on any atom is -0.493 e. The molecule has 6 nitrogen and oxygen atoms in total. The second-order valence-electron chi connectivity index (χ2n) is 9.20. The van der Waals surface area contributed by atoms with Crippen LogP contribution in [0, 0.1) is 0 Å². The number of hydrogen-bond acceptors (Lipinski definition) is 4. The molecule has 1 N–H and O–H groups in total. The van der Waals surface area contributed by atoms with Gasteiger partial charge >= 0.3 is 0 Å². The van der Waals surface area contributed by atoms with Crippen LogP contribution in [-0.2, 0) is 0 Å². The molecule has 1 fully saturated rings. The van der Waals surface area contributed by atoms with Gasteiger partial charge in [0.25, 0.3) is 5.91 Å². The van der Waals surface area contributed by atoms with Gasteiger partial charge in [-0.1, -0.05) is 54.6 Å². The quantitative estimate of drug-likeness (QED) is 0.422. The molecule has 1 aliphatic rings. The molecule has 1 saturated heterocycles. The van der Waals surface area contributed by atoms with Gasteiger partial charge in [0, 0.05) is 10.9 Å². The highest BCUT2D eigenvalue weighted by atomic mass is 16.5. The Kier molecular flexibility index (Phi) is 7.47. The van der Waals surface area contributed by atoms with Crippen LogP contribution in [0.3, 0.4) is 0 Å². The van der Waals surface area contributed by atoms with E-state index < -0.39 is 0 Å². The Morgan fingerprint density at radius 1 is 0.919 bits per heavy atom. The van der Waals surface area contributed by atoms with Crippen molar-refractivity contribution >= 4 is 22.9 Å². The lowest BCUT2D eigenvalue weighted by molar-refractivity contribution is -0.898. The normalized spacial score (nSPS) is 14.3. The minimum atomic E-state index is 0.0548. The third-order valence-electron chi connectivity index (χ3n) is 6.90. The number of quaternary nitrogens is 1. The molecule has 1 amide bonds. The zero-order valence-electron chi connectivity index (χ0n) is 21.3. The number of carbonyl (C=O) groups excluding carboxylic acids is 1. The Bertz CT molecular complexity index is 1410. The first-order valence-corrected chi connectivity index (χ1v) is 12.6. The van der Waals surface area contributed by atoms with Crippen molar-refractivity contribution in [1.29, 1.82) is 0 Å². The topological polar surface area (TPSA) is 56.1 Å². The highest BCUT2D eigenvalue weighted by Crippen LogP contribution is 2.33. The standard InChI is InChI=1S/C31H31N3O3/c1-36-29-15-14-24(21-30(29)37-2)28-22-26(25-12-6-7-13-27(25)32-28)31(35)34-19-17-33(18-20-34)16-8-11-23-9-4-3-5-10-23/h3-15,21-22H,16-20H2,1-2H3/p+1/b11-8+. The Morgan fingerprint density at radius 2 is 1.65 bits per heavy atom. The molecule has 0 unspecified atom stereocenters. The van der Waals surface area contributed by atoms with Crippen LogP contribution < -0.4 is 14.4 Å². The van der Waals surface area contributed by atoms with Crippen LogP contribution in [0.1, 0.15) is 15.9 Å². The fourth-order valence-electron chi connectivity index (χ4n) is 4.82. The molecule has 2 heterocycles. The molecule has 1 aliphatic heterocycles. The van der Waals surface area contributed by atoms with Gasteiger partial charge in [-0.05, 0) is 42.0 Å². The van der Waals surface area contributed by atoms with Crippen LogP contribution in [0.15, 0.2) is 84.9 Å². The van der Waals surface area contributed by atoms with E-state index in [1.54, 1.807) is 14.2 Å². The van der Waals surface area contributed by atoms with Crippen molar-refractivity contribution in [2.45, 2.75) is 0 Å². The molecule has 4 aromatic rings. The van der Waals surface area contributed by atoms with Gasteiger partial charge in [0.15, 0.2) is 11.5 Å². The van der Waals surface area contributed by atoms with Crippen LogP contribution in [0.25, 0.3) is 28.2 Å². The number of methoxy groups -OCH3 is 2. The lowest BCUT2D eigenvalue weighted by Crippen LogP contribution is -3.14. The average Bonchev–Trinajstić information content (AvgIpc) is 2.96. The molecule has 0 radical (unpaired) electrons. The summed E-state index contributed by atoms with van der Waals surface area (Å²) in [6, 6.07) is 25.8. The predicted octanol–water partition coefficient (Wildman–Crippen LogP) is 3.97. The summed E-state index contributed by atoms with van der Waals surface area (Å²) >= 11 is 0. The van der Waals surface area contributed by atoms with Gasteiger partial charge in [-0.3, -0.25) is 4.79 Å². The van der Waals surface area contributed by atoms with Gasteiger partial charge in [0.05, 0.1) is 63.7 Å². The van der Waals surface area contributed by atoms with E-state index in [9.17, 15) is 4.79 Å². The smallest absolute Gasteiger partial charge is 0.255 e. The average molecular weight is 495 g/mol. The molecule has 1 aromatic heterocycles. The Labute approximate surface area is 217 Å². The Balaban J connectivity index is 1.34. The summed E-state index contributed by atoms with van der Waals surface area (Å²) in [6.07, 6.45) is 4.40. The van der Waals surface area contributed by atoms with Gasteiger partial charge < -0.3 is 19.3 Å². The van der Waals surface area contributed by atoms with E-state index in [2.05, 4.69) is 36.4 Å². The number of ether oxygens (including phenoxy) is 2. The molecule has 5 rings (SSSR count). The fraction of sp³-hybridized carbons (Fsp3) is 0.226. The molecule has 0 spiro atoms. The van der Waals surface area contributed by atoms with Crippen LogP contribution in [0.2, 0.25) is 0 Å². The number of pyridine rings is 1. The molecular formula is C31H32N3O3+. The Morgan fingerprint density at radius 3 is 2.41 bits per heavy atom. The number of benzene rings is 3. The van der Waals surface area contributed by atoms with E-state index in [-0.39, 0.29) is 5.91 Å². The monoisotopic (exact) mass is 494 g/mol. The summed E-state index contributed by atoms with van der Waals surface area (Å²) < 4.78 is 10.9. The van der Waals surface area contributed by atoms with Crippen LogP contribution >= 0.6 is 0 Å². The van der Waals surface area contributed by atoms with Crippen LogP contribution in [0.4, 0.5) is 0 Å². The molecule has 3 aromatic carbocycles. The molecule has 6 heteroatoms. The summed E-state index contributed by atoms with van der Waals surface area (Å²) in [5.74, 6) is 1.34. The van der Waals surface area contributed by atoms with E-state index in [0.717, 1.165) is 54.9 Å². The summed E-state index contributed by atoms with van der Waals surface area (Å²) in [7, 11) is 3.23. The molecule has 0 saturated carbocycles. The molecule has 0 atom stereocenters. The van der Waals surface area contributed by atoms with Crippen molar-refractivity contribution in [3.8, 4) is 22.8 Å².